The van der Waals surface area contributed by atoms with Crippen LogP contribution in [0.4, 0.5) is 5.82 Å². The summed E-state index contributed by atoms with van der Waals surface area (Å²) >= 11 is 0. The summed E-state index contributed by atoms with van der Waals surface area (Å²) in [5, 5.41) is 12.3. The SMILES string of the molecule is Cc1cnn(CCCNc2ncccc2S(N)(=O)=O)c1. The molecule has 0 aliphatic heterocycles. The lowest BCUT2D eigenvalue weighted by molar-refractivity contribution is 0.589. The van der Waals surface area contributed by atoms with Gasteiger partial charge in [0.05, 0.1) is 6.20 Å². The summed E-state index contributed by atoms with van der Waals surface area (Å²) in [6.45, 7) is 3.31. The van der Waals surface area contributed by atoms with E-state index in [0.717, 1.165) is 18.5 Å². The molecule has 0 amide bonds. The Kier molecular flexibility index (Phi) is 4.35. The van der Waals surface area contributed by atoms with Gasteiger partial charge in [0, 0.05) is 25.5 Å². The second-order valence-corrected chi connectivity index (χ2v) is 5.99. The minimum Gasteiger partial charge on any atom is -0.369 e. The summed E-state index contributed by atoms with van der Waals surface area (Å²) in [6.07, 6.45) is 6.07. The third kappa shape index (κ3) is 3.78. The van der Waals surface area contributed by atoms with E-state index in [1.807, 2.05) is 17.8 Å². The molecule has 2 aromatic heterocycles. The van der Waals surface area contributed by atoms with Crippen LogP contribution < -0.4 is 10.5 Å². The van der Waals surface area contributed by atoms with Gasteiger partial charge in [0.25, 0.3) is 0 Å². The van der Waals surface area contributed by atoms with Crippen molar-refractivity contribution in [3.05, 3.63) is 36.3 Å². The molecule has 2 aromatic rings. The highest BCUT2D eigenvalue weighted by molar-refractivity contribution is 7.89. The zero-order valence-corrected chi connectivity index (χ0v) is 12.0. The molecule has 0 aliphatic rings. The number of aromatic nitrogens is 3. The number of hydrogen-bond donors (Lipinski definition) is 2. The fourth-order valence-electron chi connectivity index (χ4n) is 1.79. The van der Waals surface area contributed by atoms with Gasteiger partial charge in [-0.2, -0.15) is 5.10 Å². The van der Waals surface area contributed by atoms with Gasteiger partial charge in [-0.25, -0.2) is 18.5 Å². The first-order valence-corrected chi connectivity index (χ1v) is 7.72. The third-order valence-electron chi connectivity index (χ3n) is 2.70. The van der Waals surface area contributed by atoms with Crippen LogP contribution in [0.5, 0.6) is 0 Å². The lowest BCUT2D eigenvalue weighted by Crippen LogP contribution is -2.16. The van der Waals surface area contributed by atoms with Crippen molar-refractivity contribution in [3.8, 4) is 0 Å². The molecule has 108 valence electrons. The first-order chi connectivity index (χ1) is 9.47. The fraction of sp³-hybridized carbons (Fsp3) is 0.333. The van der Waals surface area contributed by atoms with Crippen LogP contribution in [0.15, 0.2) is 35.6 Å². The van der Waals surface area contributed by atoms with E-state index in [4.69, 9.17) is 5.14 Å². The molecule has 3 N–H and O–H groups in total. The molecule has 0 saturated carbocycles. The van der Waals surface area contributed by atoms with Gasteiger partial charge in [-0.1, -0.05) is 0 Å². The highest BCUT2D eigenvalue weighted by Crippen LogP contribution is 2.15. The minimum atomic E-state index is -3.76. The van der Waals surface area contributed by atoms with Gasteiger partial charge in [-0.3, -0.25) is 4.68 Å². The number of pyridine rings is 1. The number of aryl methyl sites for hydroxylation is 2. The Balaban J connectivity index is 1.92. The van der Waals surface area contributed by atoms with E-state index in [-0.39, 0.29) is 10.7 Å². The van der Waals surface area contributed by atoms with Gasteiger partial charge in [-0.05, 0) is 31.0 Å². The van der Waals surface area contributed by atoms with Crippen LogP contribution >= 0.6 is 0 Å². The highest BCUT2D eigenvalue weighted by atomic mass is 32.2. The number of nitrogens with one attached hydrogen (secondary N) is 1. The van der Waals surface area contributed by atoms with Crippen molar-refractivity contribution in [3.63, 3.8) is 0 Å². The van der Waals surface area contributed by atoms with Crippen LogP contribution in [-0.4, -0.2) is 29.7 Å². The predicted octanol–water partition coefficient (Wildman–Crippen LogP) is 0.736. The molecule has 8 heteroatoms. The van der Waals surface area contributed by atoms with E-state index in [0.29, 0.717) is 6.54 Å². The van der Waals surface area contributed by atoms with Gasteiger partial charge >= 0.3 is 0 Å². The summed E-state index contributed by atoms with van der Waals surface area (Å²) in [5.41, 5.74) is 1.11. The van der Waals surface area contributed by atoms with Crippen LogP contribution in [0.1, 0.15) is 12.0 Å². The molecule has 0 aliphatic carbocycles. The third-order valence-corrected chi connectivity index (χ3v) is 3.64. The largest absolute Gasteiger partial charge is 0.369 e. The Labute approximate surface area is 117 Å². The Hall–Kier alpha value is -1.93. The molecular weight excluding hydrogens is 278 g/mol. The Morgan fingerprint density at radius 3 is 2.90 bits per heavy atom. The summed E-state index contributed by atoms with van der Waals surface area (Å²) in [4.78, 5) is 4.01. The van der Waals surface area contributed by atoms with Crippen LogP contribution in [-0.2, 0) is 16.6 Å². The maximum absolute atomic E-state index is 11.4. The number of nitrogens with two attached hydrogens (primary N) is 1. The van der Waals surface area contributed by atoms with Crippen molar-refractivity contribution in [1.29, 1.82) is 0 Å². The Bertz CT molecular complexity index is 681. The van der Waals surface area contributed by atoms with Crippen LogP contribution in [0.3, 0.4) is 0 Å². The molecule has 7 nitrogen and oxygen atoms in total. The molecular formula is C12H17N5O2S. The normalized spacial score (nSPS) is 11.5. The molecule has 0 spiro atoms. The van der Waals surface area contributed by atoms with Gasteiger partial charge in [0.2, 0.25) is 10.0 Å². The minimum absolute atomic E-state index is 0.00920. The van der Waals surface area contributed by atoms with Crippen molar-refractivity contribution < 1.29 is 8.42 Å². The Morgan fingerprint density at radius 1 is 1.45 bits per heavy atom. The van der Waals surface area contributed by atoms with Crippen LogP contribution in [0.2, 0.25) is 0 Å². The average molecular weight is 295 g/mol. The van der Waals surface area contributed by atoms with Gasteiger partial charge < -0.3 is 5.32 Å². The molecule has 0 fully saturated rings. The maximum Gasteiger partial charge on any atom is 0.241 e. The van der Waals surface area contributed by atoms with Crippen molar-refractivity contribution in [2.24, 2.45) is 5.14 Å². The number of hydrogen-bond acceptors (Lipinski definition) is 5. The first kappa shape index (κ1) is 14.5. The molecule has 0 radical (unpaired) electrons. The Morgan fingerprint density at radius 2 is 2.25 bits per heavy atom. The van der Waals surface area contributed by atoms with Gasteiger partial charge in [-0.15, -0.1) is 0 Å². The van der Waals surface area contributed by atoms with Gasteiger partial charge in [0.1, 0.15) is 10.7 Å². The van der Waals surface area contributed by atoms with Crippen molar-refractivity contribution in [2.45, 2.75) is 24.8 Å². The lowest BCUT2D eigenvalue weighted by Gasteiger charge is -2.09. The average Bonchev–Trinajstić information content (AvgIpc) is 2.80. The number of anilines is 1. The van der Waals surface area contributed by atoms with E-state index in [1.165, 1.54) is 18.3 Å². The molecule has 0 atom stereocenters. The van der Waals surface area contributed by atoms with Crippen molar-refractivity contribution in [2.75, 3.05) is 11.9 Å². The van der Waals surface area contributed by atoms with Crippen molar-refractivity contribution in [1.82, 2.24) is 14.8 Å². The molecule has 20 heavy (non-hydrogen) atoms. The standard InChI is InChI=1S/C12H17N5O2S/c1-10-8-16-17(9-10)7-3-6-15-12-11(20(13,18)19)4-2-5-14-12/h2,4-5,8-9H,3,6-7H2,1H3,(H,14,15)(H2,13,18,19). The zero-order chi connectivity index (χ0) is 14.6. The molecule has 0 bridgehead atoms. The molecule has 0 aromatic carbocycles. The van der Waals surface area contributed by atoms with Gasteiger partial charge in [0.15, 0.2) is 0 Å². The monoisotopic (exact) mass is 295 g/mol. The van der Waals surface area contributed by atoms with E-state index in [1.54, 1.807) is 6.20 Å². The van der Waals surface area contributed by atoms with E-state index in [2.05, 4.69) is 15.4 Å². The van der Waals surface area contributed by atoms with E-state index < -0.39 is 10.0 Å². The molecule has 2 heterocycles. The highest BCUT2D eigenvalue weighted by Gasteiger charge is 2.13. The first-order valence-electron chi connectivity index (χ1n) is 6.17. The van der Waals surface area contributed by atoms with E-state index in [9.17, 15) is 8.42 Å². The second-order valence-electron chi connectivity index (χ2n) is 4.46. The quantitative estimate of drug-likeness (QED) is 0.765. The topological polar surface area (TPSA) is 103 Å². The molecule has 0 saturated heterocycles. The summed E-state index contributed by atoms with van der Waals surface area (Å²) in [5.74, 6) is 0.284. The fourth-order valence-corrected chi connectivity index (χ4v) is 2.45. The summed E-state index contributed by atoms with van der Waals surface area (Å²) in [7, 11) is -3.76. The van der Waals surface area contributed by atoms with Crippen LogP contribution in [0, 0.1) is 6.92 Å². The van der Waals surface area contributed by atoms with Crippen LogP contribution in [0.25, 0.3) is 0 Å². The second kappa shape index (κ2) is 6.02. The number of nitrogens with zero attached hydrogens (tertiary/aromatic N) is 3. The molecule has 2 rings (SSSR count). The predicted molar refractivity (Wildman–Crippen MR) is 75.7 cm³/mol. The zero-order valence-electron chi connectivity index (χ0n) is 11.2. The smallest absolute Gasteiger partial charge is 0.241 e. The number of sulfonamides is 1. The number of rotatable bonds is 6. The summed E-state index contributed by atoms with van der Waals surface area (Å²) < 4.78 is 24.6. The van der Waals surface area contributed by atoms with Crippen molar-refractivity contribution >= 4 is 15.8 Å². The molecule has 0 unspecified atom stereocenters. The number of primary sulfonamides is 1. The summed E-state index contributed by atoms with van der Waals surface area (Å²) in [6, 6.07) is 2.97. The maximum atomic E-state index is 11.4. The lowest BCUT2D eigenvalue weighted by atomic mass is 10.4. The van der Waals surface area contributed by atoms with E-state index >= 15 is 0 Å².